The number of carbonyl (C=O) groups excluding carboxylic acids is 3. The van der Waals surface area contributed by atoms with Crippen LogP contribution in [0.15, 0.2) is 0 Å². The van der Waals surface area contributed by atoms with E-state index in [1.54, 1.807) is 0 Å². The number of rotatable bonds is 3. The van der Waals surface area contributed by atoms with Crippen LogP contribution in [0.4, 0.5) is 0 Å². The van der Waals surface area contributed by atoms with Crippen molar-refractivity contribution in [3.8, 4) is 0 Å². The number of nitrogens with zero attached hydrogens (tertiary/aromatic N) is 2. The second-order valence-corrected chi connectivity index (χ2v) is 7.06. The highest BCUT2D eigenvalue weighted by Gasteiger charge is 2.62. The maximum atomic E-state index is 12.5. The minimum absolute atomic E-state index is 0.0240. The highest BCUT2D eigenvalue weighted by atomic mass is 16.5. The zero-order chi connectivity index (χ0) is 16.1. The highest BCUT2D eigenvalue weighted by molar-refractivity contribution is 6.06. The van der Waals surface area contributed by atoms with Gasteiger partial charge in [0.2, 0.25) is 17.7 Å². The number of imide groups is 1. The molecule has 4 unspecified atom stereocenters. The zero-order valence-corrected chi connectivity index (χ0v) is 13.4. The molecule has 0 saturated carbocycles. The Morgan fingerprint density at radius 3 is 2.48 bits per heavy atom. The van der Waals surface area contributed by atoms with Gasteiger partial charge in [0.05, 0.1) is 24.0 Å². The van der Waals surface area contributed by atoms with Crippen molar-refractivity contribution in [2.24, 2.45) is 11.8 Å². The van der Waals surface area contributed by atoms with Crippen LogP contribution in [0.1, 0.15) is 26.2 Å². The third kappa shape index (κ3) is 2.29. The third-order valence-corrected chi connectivity index (χ3v) is 5.75. The third-order valence-electron chi connectivity index (χ3n) is 5.75. The maximum Gasteiger partial charge on any atom is 0.235 e. The summed E-state index contributed by atoms with van der Waals surface area (Å²) in [5.74, 6) is -0.832. The van der Waals surface area contributed by atoms with Crippen molar-refractivity contribution in [2.75, 3.05) is 26.2 Å². The number of hydrogen-bond donors (Lipinski definition) is 1. The van der Waals surface area contributed by atoms with Gasteiger partial charge < -0.3 is 15.0 Å². The molecule has 1 N–H and O–H groups in total. The summed E-state index contributed by atoms with van der Waals surface area (Å²) >= 11 is 0. The summed E-state index contributed by atoms with van der Waals surface area (Å²) in [6, 6.07) is 0.157. The van der Waals surface area contributed by atoms with Gasteiger partial charge in [-0.05, 0) is 19.8 Å². The summed E-state index contributed by atoms with van der Waals surface area (Å²) in [4.78, 5) is 40.6. The van der Waals surface area contributed by atoms with Crippen LogP contribution in [-0.4, -0.2) is 72.0 Å². The fourth-order valence-corrected chi connectivity index (χ4v) is 4.56. The van der Waals surface area contributed by atoms with E-state index in [4.69, 9.17) is 4.74 Å². The molecule has 4 rings (SSSR count). The number of carbonyl (C=O) groups is 3. The van der Waals surface area contributed by atoms with Crippen molar-refractivity contribution >= 4 is 17.7 Å². The van der Waals surface area contributed by atoms with Gasteiger partial charge in [-0.25, -0.2) is 0 Å². The van der Waals surface area contributed by atoms with Crippen LogP contribution < -0.4 is 5.32 Å². The van der Waals surface area contributed by atoms with Gasteiger partial charge in [0, 0.05) is 38.6 Å². The first-order valence-electron chi connectivity index (χ1n) is 8.59. The molecule has 0 radical (unpaired) electrons. The maximum absolute atomic E-state index is 12.5. The first-order chi connectivity index (χ1) is 11.1. The lowest BCUT2D eigenvalue weighted by atomic mass is 9.81. The lowest BCUT2D eigenvalue weighted by Crippen LogP contribution is -2.52. The normalized spacial score (nSPS) is 39.3. The van der Waals surface area contributed by atoms with Crippen LogP contribution in [0.2, 0.25) is 0 Å². The Labute approximate surface area is 135 Å². The molecule has 7 heteroatoms. The van der Waals surface area contributed by atoms with E-state index in [1.165, 1.54) is 4.90 Å². The molecular weight excluding hydrogens is 298 g/mol. The standard InChI is InChI=1S/C16H23N3O4/c1-9-8-17-5-7-18(9)12(20)4-6-19-15(21)13-10-2-3-11(23-10)14(13)16(19)22/h9-11,13-14,17H,2-8H2,1H3/t9-,10?,11?,13?,14?/m0/s1. The van der Waals surface area contributed by atoms with Crippen molar-refractivity contribution in [3.63, 3.8) is 0 Å². The number of nitrogens with one attached hydrogen (secondary N) is 1. The van der Waals surface area contributed by atoms with Gasteiger partial charge in [-0.3, -0.25) is 19.3 Å². The molecule has 3 amide bonds. The van der Waals surface area contributed by atoms with E-state index < -0.39 is 0 Å². The van der Waals surface area contributed by atoms with Crippen LogP contribution in [0.5, 0.6) is 0 Å². The van der Waals surface area contributed by atoms with Crippen LogP contribution in [0.3, 0.4) is 0 Å². The van der Waals surface area contributed by atoms with Crippen molar-refractivity contribution < 1.29 is 19.1 Å². The predicted octanol–water partition coefficient (Wildman–Crippen LogP) is -0.641. The summed E-state index contributed by atoms with van der Waals surface area (Å²) in [6.07, 6.45) is 1.79. The van der Waals surface area contributed by atoms with Crippen molar-refractivity contribution in [3.05, 3.63) is 0 Å². The lowest BCUT2D eigenvalue weighted by Gasteiger charge is -2.34. The monoisotopic (exact) mass is 321 g/mol. The molecule has 0 aromatic heterocycles. The molecule has 0 aromatic rings. The number of amides is 3. The molecule has 5 atom stereocenters. The van der Waals surface area contributed by atoms with Gasteiger partial charge in [-0.2, -0.15) is 0 Å². The molecule has 23 heavy (non-hydrogen) atoms. The largest absolute Gasteiger partial charge is 0.373 e. The molecule has 4 aliphatic rings. The SMILES string of the molecule is C[C@H]1CNCCN1C(=O)CCN1C(=O)C2C3CCC(O3)C2C1=O. The molecule has 0 aliphatic carbocycles. The van der Waals surface area contributed by atoms with Crippen LogP contribution >= 0.6 is 0 Å². The second kappa shape index (κ2) is 5.56. The van der Waals surface area contributed by atoms with E-state index in [9.17, 15) is 14.4 Å². The Hall–Kier alpha value is -1.47. The van der Waals surface area contributed by atoms with Crippen molar-refractivity contribution in [1.82, 2.24) is 15.1 Å². The second-order valence-electron chi connectivity index (χ2n) is 7.06. The summed E-state index contributed by atoms with van der Waals surface area (Å²) < 4.78 is 5.71. The molecule has 0 aromatic carbocycles. The minimum Gasteiger partial charge on any atom is -0.373 e. The Balaban J connectivity index is 1.39. The molecule has 126 valence electrons. The highest BCUT2D eigenvalue weighted by Crippen LogP contribution is 2.48. The molecule has 7 nitrogen and oxygen atoms in total. The van der Waals surface area contributed by atoms with E-state index in [-0.39, 0.29) is 60.8 Å². The fraction of sp³-hybridized carbons (Fsp3) is 0.812. The Morgan fingerprint density at radius 1 is 1.22 bits per heavy atom. The van der Waals surface area contributed by atoms with E-state index >= 15 is 0 Å². The molecule has 4 aliphatic heterocycles. The summed E-state index contributed by atoms with van der Waals surface area (Å²) in [5, 5.41) is 3.25. The first-order valence-corrected chi connectivity index (χ1v) is 8.59. The number of hydrogen-bond acceptors (Lipinski definition) is 5. The Kier molecular flexibility index (Phi) is 3.65. The summed E-state index contributed by atoms with van der Waals surface area (Å²) in [7, 11) is 0. The minimum atomic E-state index is -0.297. The quantitative estimate of drug-likeness (QED) is 0.700. The average molecular weight is 321 g/mol. The van der Waals surface area contributed by atoms with Crippen molar-refractivity contribution in [2.45, 2.75) is 44.4 Å². The number of ether oxygens (including phenoxy) is 1. The Bertz CT molecular complexity index is 523. The number of fused-ring (bicyclic) bond motifs is 5. The molecule has 4 heterocycles. The fourth-order valence-electron chi connectivity index (χ4n) is 4.56. The van der Waals surface area contributed by atoms with E-state index in [0.717, 1.165) is 25.9 Å². The van der Waals surface area contributed by atoms with Crippen molar-refractivity contribution in [1.29, 1.82) is 0 Å². The lowest BCUT2D eigenvalue weighted by molar-refractivity contribution is -0.143. The smallest absolute Gasteiger partial charge is 0.235 e. The number of likely N-dealkylation sites (tertiary alicyclic amines) is 1. The molecular formula is C16H23N3O4. The van der Waals surface area contributed by atoms with Crippen LogP contribution in [0.25, 0.3) is 0 Å². The van der Waals surface area contributed by atoms with Gasteiger partial charge in [-0.15, -0.1) is 0 Å². The first kappa shape index (κ1) is 15.1. The van der Waals surface area contributed by atoms with E-state index in [0.29, 0.717) is 6.54 Å². The summed E-state index contributed by atoms with van der Waals surface area (Å²) in [6.45, 7) is 4.49. The van der Waals surface area contributed by atoms with Gasteiger partial charge in [0.1, 0.15) is 0 Å². The predicted molar refractivity (Wildman–Crippen MR) is 80.3 cm³/mol. The van der Waals surface area contributed by atoms with Gasteiger partial charge in [0.15, 0.2) is 0 Å². The topological polar surface area (TPSA) is 79.0 Å². The number of piperazine rings is 1. The van der Waals surface area contributed by atoms with Gasteiger partial charge in [-0.1, -0.05) is 0 Å². The average Bonchev–Trinajstić information content (AvgIpc) is 3.21. The van der Waals surface area contributed by atoms with Crippen LogP contribution in [-0.2, 0) is 19.1 Å². The molecule has 2 bridgehead atoms. The molecule has 4 fully saturated rings. The summed E-state index contributed by atoms with van der Waals surface area (Å²) in [5.41, 5.74) is 0. The van der Waals surface area contributed by atoms with E-state index in [1.807, 2.05) is 11.8 Å². The van der Waals surface area contributed by atoms with Gasteiger partial charge >= 0.3 is 0 Å². The van der Waals surface area contributed by atoms with E-state index in [2.05, 4.69) is 5.32 Å². The zero-order valence-electron chi connectivity index (χ0n) is 13.4. The molecule has 4 saturated heterocycles. The van der Waals surface area contributed by atoms with Gasteiger partial charge in [0.25, 0.3) is 0 Å². The Morgan fingerprint density at radius 2 is 1.87 bits per heavy atom. The molecule has 0 spiro atoms. The van der Waals surface area contributed by atoms with Crippen LogP contribution in [0, 0.1) is 11.8 Å².